The molecule has 1 aliphatic rings. The third-order valence-corrected chi connectivity index (χ3v) is 6.09. The van der Waals surface area contributed by atoms with E-state index in [1.807, 2.05) is 37.3 Å². The highest BCUT2D eigenvalue weighted by atomic mass is 79.9. The molecule has 2 N–H and O–H groups in total. The van der Waals surface area contributed by atoms with E-state index in [0.29, 0.717) is 34.7 Å². The Morgan fingerprint density at radius 1 is 1.17 bits per heavy atom. The number of methoxy groups -OCH3 is 1. The maximum Gasteiger partial charge on any atom is 0.331 e. The van der Waals surface area contributed by atoms with Crippen LogP contribution in [-0.4, -0.2) is 49.5 Å². The van der Waals surface area contributed by atoms with Crippen LogP contribution in [0.15, 0.2) is 68.1 Å². The molecule has 36 heavy (non-hydrogen) atoms. The van der Waals surface area contributed by atoms with Crippen molar-refractivity contribution < 1.29 is 28.6 Å². The van der Waals surface area contributed by atoms with E-state index in [9.17, 15) is 14.4 Å². The molecule has 2 aromatic carbocycles. The molecule has 2 aromatic rings. The van der Waals surface area contributed by atoms with E-state index in [1.165, 1.54) is 13.3 Å². The molecule has 188 valence electrons. The summed E-state index contributed by atoms with van der Waals surface area (Å²) in [6, 6.07) is 12.9. The highest BCUT2D eigenvalue weighted by Gasteiger charge is 2.25. The molecule has 0 spiro atoms. The minimum atomic E-state index is -0.638. The van der Waals surface area contributed by atoms with Crippen molar-refractivity contribution in [1.82, 2.24) is 10.6 Å². The second-order valence-corrected chi connectivity index (χ2v) is 8.93. The predicted octanol–water partition coefficient (Wildman–Crippen LogP) is 3.15. The van der Waals surface area contributed by atoms with Crippen molar-refractivity contribution >= 4 is 56.9 Å². The lowest BCUT2D eigenvalue weighted by atomic mass is 10.2. The molecular formula is C24H23BrN4O6S. The number of nitrogens with zero attached hydrogens (tertiary/aromatic N) is 2. The Hall–Kier alpha value is -3.64. The maximum absolute atomic E-state index is 12.2. The van der Waals surface area contributed by atoms with E-state index in [0.717, 1.165) is 23.4 Å². The number of amides is 2. The summed E-state index contributed by atoms with van der Waals surface area (Å²) in [7, 11) is 1.22. The second-order valence-electron chi connectivity index (χ2n) is 7.04. The zero-order valence-corrected chi connectivity index (χ0v) is 21.9. The fourth-order valence-electron chi connectivity index (χ4n) is 2.81. The quantitative estimate of drug-likeness (QED) is 0.193. The molecule has 0 atom stereocenters. The number of ether oxygens (including phenoxy) is 3. The van der Waals surface area contributed by atoms with Gasteiger partial charge in [-0.3, -0.25) is 14.9 Å². The molecule has 0 aromatic heterocycles. The predicted molar refractivity (Wildman–Crippen MR) is 140 cm³/mol. The highest BCUT2D eigenvalue weighted by Crippen LogP contribution is 2.33. The molecule has 0 unspecified atom stereocenters. The van der Waals surface area contributed by atoms with Crippen LogP contribution in [-0.2, 0) is 25.7 Å². The molecule has 12 heteroatoms. The number of amidine groups is 1. The SMILES string of the molecule is CCOc1cc(C=N/N=C2/NC(=O)/C(=C\C(=O)OC)S2)c(Br)cc1OCC(=O)NCc1ccccc1. The van der Waals surface area contributed by atoms with Gasteiger partial charge in [0.2, 0.25) is 0 Å². The topological polar surface area (TPSA) is 128 Å². The van der Waals surface area contributed by atoms with E-state index in [-0.39, 0.29) is 22.6 Å². The zero-order valence-electron chi connectivity index (χ0n) is 19.4. The summed E-state index contributed by atoms with van der Waals surface area (Å²) < 4.78 is 16.5. The van der Waals surface area contributed by atoms with E-state index in [2.05, 4.69) is 41.5 Å². The molecule has 0 saturated carbocycles. The van der Waals surface area contributed by atoms with Gasteiger partial charge in [-0.2, -0.15) is 5.10 Å². The Morgan fingerprint density at radius 3 is 2.64 bits per heavy atom. The first kappa shape index (κ1) is 27.0. The molecule has 1 fully saturated rings. The molecule has 2 amide bonds. The summed E-state index contributed by atoms with van der Waals surface area (Å²) in [6.07, 6.45) is 2.54. The van der Waals surface area contributed by atoms with Crippen LogP contribution in [0.2, 0.25) is 0 Å². The van der Waals surface area contributed by atoms with Gasteiger partial charge in [0, 0.05) is 22.7 Å². The molecule has 10 nitrogen and oxygen atoms in total. The van der Waals surface area contributed by atoms with Crippen LogP contribution in [0.1, 0.15) is 18.1 Å². The van der Waals surface area contributed by atoms with Crippen LogP contribution in [0, 0.1) is 0 Å². The Balaban J connectivity index is 1.64. The third kappa shape index (κ3) is 7.95. The number of esters is 1. The fourth-order valence-corrected chi connectivity index (χ4v) is 3.97. The van der Waals surface area contributed by atoms with Crippen LogP contribution in [0.3, 0.4) is 0 Å². The van der Waals surface area contributed by atoms with Crippen molar-refractivity contribution in [2.75, 3.05) is 20.3 Å². The summed E-state index contributed by atoms with van der Waals surface area (Å²) in [4.78, 5) is 35.6. The van der Waals surface area contributed by atoms with Crippen LogP contribution in [0.25, 0.3) is 0 Å². The normalized spacial score (nSPS) is 15.2. The number of carbonyl (C=O) groups excluding carboxylic acids is 3. The number of thioether (sulfide) groups is 1. The van der Waals surface area contributed by atoms with Crippen molar-refractivity contribution in [2.45, 2.75) is 13.5 Å². The van der Waals surface area contributed by atoms with Gasteiger partial charge in [-0.25, -0.2) is 4.79 Å². The van der Waals surface area contributed by atoms with Crippen molar-refractivity contribution in [3.8, 4) is 11.5 Å². The van der Waals surface area contributed by atoms with E-state index < -0.39 is 11.9 Å². The fraction of sp³-hybridized carbons (Fsp3) is 0.208. The average molecular weight is 575 g/mol. The number of hydrogen-bond acceptors (Lipinski definition) is 9. The maximum atomic E-state index is 12.2. The standard InChI is InChI=1S/C24H23BrN4O6S/c1-3-34-18-9-16(13-27-29-24-28-23(32)20(36-24)11-22(31)33-2)17(25)10-19(18)35-14-21(30)26-12-15-7-5-4-6-8-15/h4-11,13H,3,12,14H2,1-2H3,(H,26,30)(H,28,29,32)/b20-11+,27-13?. The summed E-state index contributed by atoms with van der Waals surface area (Å²) in [5, 5.41) is 13.5. The molecular weight excluding hydrogens is 552 g/mol. The zero-order chi connectivity index (χ0) is 25.9. The Kier molecular flexibility index (Phi) is 10.1. The van der Waals surface area contributed by atoms with Crippen molar-refractivity contribution in [1.29, 1.82) is 0 Å². The minimum Gasteiger partial charge on any atom is -0.490 e. The Bertz CT molecular complexity index is 1220. The first-order valence-corrected chi connectivity index (χ1v) is 12.3. The number of carbonyl (C=O) groups is 3. The van der Waals surface area contributed by atoms with Gasteiger partial charge < -0.3 is 19.5 Å². The second kappa shape index (κ2) is 13.4. The van der Waals surface area contributed by atoms with Crippen LogP contribution < -0.4 is 20.1 Å². The summed E-state index contributed by atoms with van der Waals surface area (Å²) in [5.74, 6) is -0.555. The molecule has 0 bridgehead atoms. The van der Waals surface area contributed by atoms with Gasteiger partial charge in [0.05, 0.1) is 24.8 Å². The number of nitrogens with one attached hydrogen (secondary N) is 2. The lowest BCUT2D eigenvalue weighted by Crippen LogP contribution is -2.28. The van der Waals surface area contributed by atoms with Crippen molar-refractivity contribution in [2.24, 2.45) is 10.2 Å². The average Bonchev–Trinajstić information content (AvgIpc) is 3.22. The number of hydrogen-bond donors (Lipinski definition) is 2. The largest absolute Gasteiger partial charge is 0.490 e. The first-order valence-electron chi connectivity index (χ1n) is 10.7. The van der Waals surface area contributed by atoms with Gasteiger partial charge in [0.1, 0.15) is 0 Å². The van der Waals surface area contributed by atoms with E-state index in [4.69, 9.17) is 9.47 Å². The molecule has 3 rings (SSSR count). The monoisotopic (exact) mass is 574 g/mol. The van der Waals surface area contributed by atoms with Crippen LogP contribution >= 0.6 is 27.7 Å². The molecule has 1 aliphatic heterocycles. The van der Waals surface area contributed by atoms with Gasteiger partial charge in [0.15, 0.2) is 23.3 Å². The first-order chi connectivity index (χ1) is 17.4. The lowest BCUT2D eigenvalue weighted by Gasteiger charge is -2.14. The van der Waals surface area contributed by atoms with E-state index >= 15 is 0 Å². The lowest BCUT2D eigenvalue weighted by molar-refractivity contribution is -0.135. The molecule has 0 radical (unpaired) electrons. The van der Waals surface area contributed by atoms with Crippen LogP contribution in [0.4, 0.5) is 0 Å². The minimum absolute atomic E-state index is 0.157. The van der Waals surface area contributed by atoms with E-state index in [1.54, 1.807) is 12.1 Å². The van der Waals surface area contributed by atoms with Gasteiger partial charge in [-0.05, 0) is 52.3 Å². The Morgan fingerprint density at radius 2 is 1.92 bits per heavy atom. The Labute approximate surface area is 220 Å². The van der Waals surface area contributed by atoms with Gasteiger partial charge in [-0.1, -0.05) is 30.3 Å². The van der Waals surface area contributed by atoms with Crippen molar-refractivity contribution in [3.63, 3.8) is 0 Å². The molecule has 1 heterocycles. The van der Waals surface area contributed by atoms with Gasteiger partial charge >= 0.3 is 5.97 Å². The van der Waals surface area contributed by atoms with Gasteiger partial charge in [0.25, 0.3) is 11.8 Å². The summed E-state index contributed by atoms with van der Waals surface area (Å²) in [6.45, 7) is 2.44. The third-order valence-electron chi connectivity index (χ3n) is 4.50. The molecule has 1 saturated heterocycles. The smallest absolute Gasteiger partial charge is 0.331 e. The highest BCUT2D eigenvalue weighted by molar-refractivity contribution is 9.10. The van der Waals surface area contributed by atoms with Gasteiger partial charge in [-0.15, -0.1) is 5.10 Å². The van der Waals surface area contributed by atoms with Crippen LogP contribution in [0.5, 0.6) is 11.5 Å². The molecule has 0 aliphatic carbocycles. The van der Waals surface area contributed by atoms with Crippen molar-refractivity contribution in [3.05, 3.63) is 69.0 Å². The summed E-state index contributed by atoms with van der Waals surface area (Å²) >= 11 is 4.43. The summed E-state index contributed by atoms with van der Waals surface area (Å²) in [5.41, 5.74) is 1.62. The number of benzene rings is 2. The number of rotatable bonds is 10. The number of halogens is 1.